The Balaban J connectivity index is 1.35. The van der Waals surface area contributed by atoms with Crippen molar-refractivity contribution in [3.63, 3.8) is 0 Å². The van der Waals surface area contributed by atoms with Gasteiger partial charge in [-0.25, -0.2) is 0 Å². The van der Waals surface area contributed by atoms with Crippen molar-refractivity contribution in [2.24, 2.45) is 0 Å². The number of nitrogens with zero attached hydrogens (tertiary/aromatic N) is 3. The Bertz CT molecular complexity index is 1050. The maximum atomic E-state index is 12.9. The number of hydrogen-bond donors (Lipinski definition) is 1. The van der Waals surface area contributed by atoms with E-state index in [1.54, 1.807) is 17.0 Å². The van der Waals surface area contributed by atoms with Crippen LogP contribution in [-0.2, 0) is 12.7 Å². The minimum Gasteiger partial charge on any atom is -0.335 e. The van der Waals surface area contributed by atoms with E-state index in [1.165, 1.54) is 12.1 Å². The predicted molar refractivity (Wildman–Crippen MR) is 111 cm³/mol. The number of carbonyl (C=O) groups excluding carboxylic acids is 1. The van der Waals surface area contributed by atoms with E-state index in [0.29, 0.717) is 49.7 Å². The second kappa shape index (κ2) is 8.55. The first-order valence-electron chi connectivity index (χ1n) is 10.1. The molecule has 1 aromatic heterocycles. The zero-order chi connectivity index (χ0) is 22.0. The van der Waals surface area contributed by atoms with Gasteiger partial charge in [-0.05, 0) is 24.6 Å². The van der Waals surface area contributed by atoms with Crippen LogP contribution in [0.5, 0.6) is 0 Å². The summed E-state index contributed by atoms with van der Waals surface area (Å²) >= 11 is 0. The molecule has 162 valence electrons. The van der Waals surface area contributed by atoms with Crippen molar-refractivity contribution >= 4 is 5.91 Å². The first-order chi connectivity index (χ1) is 14.8. The number of aromatic amines is 1. The van der Waals surface area contributed by atoms with Gasteiger partial charge in [0.1, 0.15) is 5.69 Å². The SMILES string of the molecule is Cc1ccc(-c2cc(C(=O)N3CCN(Cc4cccc(C(F)(F)F)c4)CC3)[nH]n2)cc1. The fourth-order valence-electron chi connectivity index (χ4n) is 3.69. The van der Waals surface area contributed by atoms with E-state index in [-0.39, 0.29) is 5.91 Å². The first-order valence-corrected chi connectivity index (χ1v) is 10.1. The fraction of sp³-hybridized carbons (Fsp3) is 0.304. The highest BCUT2D eigenvalue weighted by atomic mass is 19.4. The molecule has 1 aliphatic rings. The number of benzene rings is 2. The monoisotopic (exact) mass is 428 g/mol. The van der Waals surface area contributed by atoms with E-state index in [4.69, 9.17) is 0 Å². The van der Waals surface area contributed by atoms with Crippen molar-refractivity contribution in [1.29, 1.82) is 0 Å². The third-order valence-corrected chi connectivity index (χ3v) is 5.48. The van der Waals surface area contributed by atoms with Crippen LogP contribution in [0.2, 0.25) is 0 Å². The Morgan fingerprint density at radius 2 is 1.74 bits per heavy atom. The number of rotatable bonds is 4. The molecule has 3 aromatic rings. The van der Waals surface area contributed by atoms with Crippen molar-refractivity contribution in [2.45, 2.75) is 19.6 Å². The van der Waals surface area contributed by atoms with Crippen molar-refractivity contribution in [2.75, 3.05) is 26.2 Å². The van der Waals surface area contributed by atoms with Crippen LogP contribution in [0, 0.1) is 6.92 Å². The Morgan fingerprint density at radius 3 is 2.42 bits per heavy atom. The molecule has 4 rings (SSSR count). The lowest BCUT2D eigenvalue weighted by molar-refractivity contribution is -0.137. The van der Waals surface area contributed by atoms with Crippen LogP contribution in [0.4, 0.5) is 13.2 Å². The molecule has 0 spiro atoms. The quantitative estimate of drug-likeness (QED) is 0.672. The Kier molecular flexibility index (Phi) is 5.82. The molecule has 2 aromatic carbocycles. The molecule has 0 bridgehead atoms. The van der Waals surface area contributed by atoms with Gasteiger partial charge in [-0.3, -0.25) is 14.8 Å². The van der Waals surface area contributed by atoms with E-state index < -0.39 is 11.7 Å². The number of nitrogens with one attached hydrogen (secondary N) is 1. The average molecular weight is 428 g/mol. The normalized spacial score (nSPS) is 15.3. The minimum atomic E-state index is -4.34. The Hall–Kier alpha value is -3.13. The molecule has 8 heteroatoms. The number of aryl methyl sites for hydroxylation is 1. The largest absolute Gasteiger partial charge is 0.416 e. The molecule has 0 radical (unpaired) electrons. The molecule has 1 N–H and O–H groups in total. The van der Waals surface area contributed by atoms with E-state index >= 15 is 0 Å². The van der Waals surface area contributed by atoms with Crippen LogP contribution in [-0.4, -0.2) is 52.1 Å². The molecular weight excluding hydrogens is 405 g/mol. The lowest BCUT2D eigenvalue weighted by Gasteiger charge is -2.34. The molecule has 2 heterocycles. The molecule has 0 unspecified atom stereocenters. The van der Waals surface area contributed by atoms with Gasteiger partial charge in [0.2, 0.25) is 0 Å². The zero-order valence-corrected chi connectivity index (χ0v) is 17.1. The van der Waals surface area contributed by atoms with Crippen LogP contribution in [0.25, 0.3) is 11.3 Å². The van der Waals surface area contributed by atoms with Gasteiger partial charge in [0, 0.05) is 38.3 Å². The van der Waals surface area contributed by atoms with Gasteiger partial charge in [0.15, 0.2) is 0 Å². The third-order valence-electron chi connectivity index (χ3n) is 5.48. The summed E-state index contributed by atoms with van der Waals surface area (Å²) in [5, 5.41) is 7.08. The Labute approximate surface area is 178 Å². The summed E-state index contributed by atoms with van der Waals surface area (Å²) in [5.74, 6) is -0.121. The van der Waals surface area contributed by atoms with Crippen LogP contribution in [0.3, 0.4) is 0 Å². The van der Waals surface area contributed by atoms with E-state index in [1.807, 2.05) is 31.2 Å². The number of aromatic nitrogens is 2. The summed E-state index contributed by atoms with van der Waals surface area (Å²) in [5.41, 5.74) is 3.21. The van der Waals surface area contributed by atoms with Gasteiger partial charge in [0.25, 0.3) is 5.91 Å². The first kappa shape index (κ1) is 21.1. The molecule has 0 saturated carbocycles. The lowest BCUT2D eigenvalue weighted by Crippen LogP contribution is -2.48. The van der Waals surface area contributed by atoms with Gasteiger partial charge < -0.3 is 4.90 Å². The van der Waals surface area contributed by atoms with Gasteiger partial charge in [-0.2, -0.15) is 18.3 Å². The number of piperazine rings is 1. The number of alkyl halides is 3. The zero-order valence-electron chi connectivity index (χ0n) is 17.1. The highest BCUT2D eigenvalue weighted by molar-refractivity contribution is 5.93. The van der Waals surface area contributed by atoms with Crippen molar-refractivity contribution in [1.82, 2.24) is 20.0 Å². The minimum absolute atomic E-state index is 0.121. The van der Waals surface area contributed by atoms with E-state index in [9.17, 15) is 18.0 Å². The standard InChI is InChI=1S/C23H23F3N4O/c1-16-5-7-18(8-6-16)20-14-21(28-27-20)22(31)30-11-9-29(10-12-30)15-17-3-2-4-19(13-17)23(24,25)26/h2-8,13-14H,9-12,15H2,1H3,(H,27,28). The summed E-state index contributed by atoms with van der Waals surface area (Å²) < 4.78 is 38.7. The van der Waals surface area contributed by atoms with Crippen LogP contribution < -0.4 is 0 Å². The van der Waals surface area contributed by atoms with Gasteiger partial charge in [-0.15, -0.1) is 0 Å². The number of carbonyl (C=O) groups is 1. The molecule has 31 heavy (non-hydrogen) atoms. The third kappa shape index (κ3) is 4.96. The van der Waals surface area contributed by atoms with Crippen molar-refractivity contribution in [3.05, 3.63) is 77.0 Å². The summed E-state index contributed by atoms with van der Waals surface area (Å²) in [6.45, 7) is 4.65. The molecular formula is C23H23F3N4O. The molecule has 1 saturated heterocycles. The fourth-order valence-corrected chi connectivity index (χ4v) is 3.69. The number of H-pyrrole nitrogens is 1. The van der Waals surface area contributed by atoms with E-state index in [2.05, 4.69) is 15.1 Å². The molecule has 5 nitrogen and oxygen atoms in total. The Morgan fingerprint density at radius 1 is 1.03 bits per heavy atom. The lowest BCUT2D eigenvalue weighted by atomic mass is 10.1. The molecule has 1 aliphatic heterocycles. The molecule has 1 fully saturated rings. The number of hydrogen-bond acceptors (Lipinski definition) is 3. The molecule has 1 amide bonds. The summed E-state index contributed by atoms with van der Waals surface area (Å²) in [4.78, 5) is 16.6. The van der Waals surface area contributed by atoms with Crippen LogP contribution in [0.15, 0.2) is 54.6 Å². The van der Waals surface area contributed by atoms with Gasteiger partial charge in [0.05, 0.1) is 11.3 Å². The predicted octanol–water partition coefficient (Wildman–Crippen LogP) is 4.36. The highest BCUT2D eigenvalue weighted by Gasteiger charge is 2.30. The maximum Gasteiger partial charge on any atom is 0.416 e. The molecule has 0 aliphatic carbocycles. The van der Waals surface area contributed by atoms with Crippen molar-refractivity contribution in [3.8, 4) is 11.3 Å². The van der Waals surface area contributed by atoms with Crippen LogP contribution in [0.1, 0.15) is 27.2 Å². The van der Waals surface area contributed by atoms with Gasteiger partial charge in [-0.1, -0.05) is 48.0 Å². The smallest absolute Gasteiger partial charge is 0.335 e. The summed E-state index contributed by atoms with van der Waals surface area (Å²) in [7, 11) is 0. The maximum absolute atomic E-state index is 12.9. The summed E-state index contributed by atoms with van der Waals surface area (Å²) in [6, 6.07) is 15.1. The van der Waals surface area contributed by atoms with Crippen molar-refractivity contribution < 1.29 is 18.0 Å². The number of halogens is 3. The van der Waals surface area contributed by atoms with Crippen LogP contribution >= 0.6 is 0 Å². The number of amides is 1. The topological polar surface area (TPSA) is 52.2 Å². The average Bonchev–Trinajstić information content (AvgIpc) is 3.24. The molecule has 0 atom stereocenters. The second-order valence-electron chi connectivity index (χ2n) is 7.80. The van der Waals surface area contributed by atoms with Gasteiger partial charge >= 0.3 is 6.18 Å². The summed E-state index contributed by atoms with van der Waals surface area (Å²) in [6.07, 6.45) is -4.34. The second-order valence-corrected chi connectivity index (χ2v) is 7.80. The highest BCUT2D eigenvalue weighted by Crippen LogP contribution is 2.30. The van der Waals surface area contributed by atoms with E-state index in [0.717, 1.165) is 17.2 Å².